The van der Waals surface area contributed by atoms with Crippen LogP contribution in [0.3, 0.4) is 0 Å². The van der Waals surface area contributed by atoms with E-state index in [0.717, 1.165) is 46.5 Å². The lowest BCUT2D eigenvalue weighted by atomic mass is 10.1. The molecule has 0 spiro atoms. The van der Waals surface area contributed by atoms with Crippen molar-refractivity contribution in [3.05, 3.63) is 78.4 Å². The summed E-state index contributed by atoms with van der Waals surface area (Å²) in [6, 6.07) is 18.3. The van der Waals surface area contributed by atoms with Gasteiger partial charge in [-0.1, -0.05) is 18.7 Å². The second-order valence-electron chi connectivity index (χ2n) is 9.29. The maximum atomic E-state index is 13.0. The van der Waals surface area contributed by atoms with E-state index in [0.29, 0.717) is 41.6 Å². The number of aromatic nitrogens is 1. The Hall–Kier alpha value is -4.37. The molecule has 41 heavy (non-hydrogen) atoms. The number of para-hydroxylation sites is 1. The standard InChI is InChI=1S/C32H33NO7S/c1-21(2)31(34)39-18-10-6-5-9-17-38-24-15-13-22(14-16-24)32(35)40-29-26(36-3)19-23(20-27(29)37-4)30-33-25-11-7-8-12-28(25)41-30/h7-8,11-16,19-20H,1,5-6,9-10,17-18H2,2-4H3. The van der Waals surface area contributed by atoms with Crippen LogP contribution in [0.1, 0.15) is 43.0 Å². The van der Waals surface area contributed by atoms with Gasteiger partial charge in [0.25, 0.3) is 0 Å². The summed E-state index contributed by atoms with van der Waals surface area (Å²) in [6.45, 7) is 6.14. The first-order chi connectivity index (χ1) is 19.9. The normalized spacial score (nSPS) is 10.7. The second-order valence-corrected chi connectivity index (χ2v) is 10.3. The van der Waals surface area contributed by atoms with Crippen molar-refractivity contribution in [2.24, 2.45) is 0 Å². The summed E-state index contributed by atoms with van der Waals surface area (Å²) < 4.78 is 28.8. The molecular formula is C32H33NO7S. The van der Waals surface area contributed by atoms with Gasteiger partial charge in [0.1, 0.15) is 10.8 Å². The largest absolute Gasteiger partial charge is 0.494 e. The van der Waals surface area contributed by atoms with Gasteiger partial charge in [-0.05, 0) is 81.1 Å². The van der Waals surface area contributed by atoms with Crippen LogP contribution >= 0.6 is 11.3 Å². The number of benzene rings is 3. The number of carbonyl (C=O) groups is 2. The minimum Gasteiger partial charge on any atom is -0.494 e. The third-order valence-electron chi connectivity index (χ3n) is 6.18. The van der Waals surface area contributed by atoms with Gasteiger partial charge >= 0.3 is 11.9 Å². The van der Waals surface area contributed by atoms with E-state index in [2.05, 4.69) is 6.58 Å². The quantitative estimate of drug-likeness (QED) is 0.0671. The Morgan fingerprint density at radius 1 is 0.878 bits per heavy atom. The fraction of sp³-hybridized carbons (Fsp3) is 0.281. The van der Waals surface area contributed by atoms with Crippen molar-refractivity contribution in [2.45, 2.75) is 32.6 Å². The van der Waals surface area contributed by atoms with Gasteiger partial charge in [-0.15, -0.1) is 11.3 Å². The van der Waals surface area contributed by atoms with Gasteiger partial charge in [-0.25, -0.2) is 14.6 Å². The molecule has 0 amide bonds. The van der Waals surface area contributed by atoms with Crippen molar-refractivity contribution in [2.75, 3.05) is 27.4 Å². The van der Waals surface area contributed by atoms with E-state index in [1.165, 1.54) is 14.2 Å². The van der Waals surface area contributed by atoms with E-state index in [-0.39, 0.29) is 11.7 Å². The number of hydrogen-bond donors (Lipinski definition) is 0. The molecule has 0 aliphatic heterocycles. The van der Waals surface area contributed by atoms with Gasteiger partial charge < -0.3 is 23.7 Å². The predicted octanol–water partition coefficient (Wildman–Crippen LogP) is 7.26. The minimum absolute atomic E-state index is 0.194. The molecule has 0 aliphatic carbocycles. The maximum Gasteiger partial charge on any atom is 0.343 e. The summed E-state index contributed by atoms with van der Waals surface area (Å²) in [4.78, 5) is 29.0. The van der Waals surface area contributed by atoms with Gasteiger partial charge in [0.15, 0.2) is 11.5 Å². The van der Waals surface area contributed by atoms with Gasteiger partial charge in [0.2, 0.25) is 5.75 Å². The highest BCUT2D eigenvalue weighted by Gasteiger charge is 2.21. The zero-order chi connectivity index (χ0) is 29.2. The van der Waals surface area contributed by atoms with Crippen molar-refractivity contribution in [3.8, 4) is 33.6 Å². The van der Waals surface area contributed by atoms with Crippen molar-refractivity contribution in [3.63, 3.8) is 0 Å². The van der Waals surface area contributed by atoms with Crippen LogP contribution in [0.5, 0.6) is 23.0 Å². The molecule has 8 nitrogen and oxygen atoms in total. The number of rotatable bonds is 14. The molecule has 4 aromatic rings. The van der Waals surface area contributed by atoms with E-state index in [4.69, 9.17) is 28.7 Å². The lowest BCUT2D eigenvalue weighted by Gasteiger charge is -2.15. The Morgan fingerprint density at radius 3 is 2.17 bits per heavy atom. The van der Waals surface area contributed by atoms with Gasteiger partial charge in [-0.2, -0.15) is 0 Å². The summed E-state index contributed by atoms with van der Waals surface area (Å²) in [5.41, 5.74) is 2.48. The van der Waals surface area contributed by atoms with E-state index in [1.807, 2.05) is 24.3 Å². The third-order valence-corrected chi connectivity index (χ3v) is 7.26. The van der Waals surface area contributed by atoms with Crippen LogP contribution < -0.4 is 18.9 Å². The summed E-state index contributed by atoms with van der Waals surface area (Å²) in [6.07, 6.45) is 3.56. The molecule has 0 aliphatic rings. The predicted molar refractivity (Wildman–Crippen MR) is 159 cm³/mol. The van der Waals surface area contributed by atoms with E-state index >= 15 is 0 Å². The smallest absolute Gasteiger partial charge is 0.343 e. The van der Waals surface area contributed by atoms with Crippen molar-refractivity contribution < 1.29 is 33.3 Å². The molecule has 9 heteroatoms. The Bertz CT molecular complexity index is 1450. The number of hydrogen-bond acceptors (Lipinski definition) is 9. The molecule has 0 saturated heterocycles. The van der Waals surface area contributed by atoms with Gasteiger partial charge in [0, 0.05) is 11.1 Å². The molecular weight excluding hydrogens is 542 g/mol. The Morgan fingerprint density at radius 2 is 1.54 bits per heavy atom. The van der Waals surface area contributed by atoms with Crippen LogP contribution in [-0.2, 0) is 9.53 Å². The Balaban J connectivity index is 1.31. The lowest BCUT2D eigenvalue weighted by Crippen LogP contribution is -2.10. The highest BCUT2D eigenvalue weighted by atomic mass is 32.1. The average Bonchev–Trinajstić information content (AvgIpc) is 3.43. The lowest BCUT2D eigenvalue weighted by molar-refractivity contribution is -0.139. The van der Waals surface area contributed by atoms with E-state index in [9.17, 15) is 9.59 Å². The Labute approximate surface area is 243 Å². The van der Waals surface area contributed by atoms with Crippen LogP contribution in [0.25, 0.3) is 20.8 Å². The monoisotopic (exact) mass is 575 g/mol. The fourth-order valence-electron chi connectivity index (χ4n) is 3.97. The molecule has 0 saturated carbocycles. The summed E-state index contributed by atoms with van der Waals surface area (Å²) in [5.74, 6) is 0.680. The fourth-order valence-corrected chi connectivity index (χ4v) is 4.93. The van der Waals surface area contributed by atoms with Crippen LogP contribution in [-0.4, -0.2) is 44.4 Å². The van der Waals surface area contributed by atoms with Gasteiger partial charge in [-0.3, -0.25) is 0 Å². The number of esters is 2. The molecule has 0 radical (unpaired) electrons. The minimum atomic E-state index is -0.548. The molecule has 0 atom stereocenters. The second kappa shape index (κ2) is 14.3. The molecule has 4 rings (SSSR count). The highest BCUT2D eigenvalue weighted by Crippen LogP contribution is 2.43. The first-order valence-electron chi connectivity index (χ1n) is 13.3. The van der Waals surface area contributed by atoms with E-state index in [1.54, 1.807) is 54.7 Å². The van der Waals surface area contributed by atoms with E-state index < -0.39 is 5.97 Å². The molecule has 1 aromatic heterocycles. The number of unbranched alkanes of at least 4 members (excludes halogenated alkanes) is 3. The molecule has 0 bridgehead atoms. The van der Waals surface area contributed by atoms with Crippen molar-refractivity contribution >= 4 is 33.5 Å². The first kappa shape index (κ1) is 29.6. The number of methoxy groups -OCH3 is 2. The average molecular weight is 576 g/mol. The maximum absolute atomic E-state index is 13.0. The molecule has 0 unspecified atom stereocenters. The topological polar surface area (TPSA) is 93.2 Å². The SMILES string of the molecule is C=C(C)C(=O)OCCCCCCOc1ccc(C(=O)Oc2c(OC)cc(-c3nc4ccccc4s3)cc2OC)cc1. The zero-order valence-electron chi connectivity index (χ0n) is 23.4. The van der Waals surface area contributed by atoms with Gasteiger partial charge in [0.05, 0.1) is 43.2 Å². The number of carbonyl (C=O) groups excluding carboxylic acids is 2. The van der Waals surface area contributed by atoms with Crippen LogP contribution in [0.4, 0.5) is 0 Å². The van der Waals surface area contributed by atoms with Crippen LogP contribution in [0.2, 0.25) is 0 Å². The summed E-state index contributed by atoms with van der Waals surface area (Å²) in [5, 5.41) is 0.806. The highest BCUT2D eigenvalue weighted by molar-refractivity contribution is 7.21. The Kier molecular flexibility index (Phi) is 10.3. The first-order valence-corrected chi connectivity index (χ1v) is 14.1. The van der Waals surface area contributed by atoms with Crippen LogP contribution in [0.15, 0.2) is 72.8 Å². The molecule has 214 valence electrons. The number of ether oxygens (including phenoxy) is 5. The molecule has 3 aromatic carbocycles. The van der Waals surface area contributed by atoms with Crippen molar-refractivity contribution in [1.82, 2.24) is 4.98 Å². The number of nitrogens with zero attached hydrogens (tertiary/aromatic N) is 1. The summed E-state index contributed by atoms with van der Waals surface area (Å²) >= 11 is 1.56. The zero-order valence-corrected chi connectivity index (χ0v) is 24.3. The number of fused-ring (bicyclic) bond motifs is 1. The molecule has 1 heterocycles. The molecule has 0 fully saturated rings. The van der Waals surface area contributed by atoms with Crippen LogP contribution in [0, 0.1) is 0 Å². The molecule has 0 N–H and O–H groups in total. The third kappa shape index (κ3) is 7.85. The van der Waals surface area contributed by atoms with Crippen molar-refractivity contribution in [1.29, 1.82) is 0 Å². The number of thiazole rings is 1. The summed E-state index contributed by atoms with van der Waals surface area (Å²) in [7, 11) is 3.03.